The summed E-state index contributed by atoms with van der Waals surface area (Å²) in [6, 6.07) is 10.2. The summed E-state index contributed by atoms with van der Waals surface area (Å²) in [4.78, 5) is 14.3. The second kappa shape index (κ2) is 5.85. The molecule has 18 heavy (non-hydrogen) atoms. The standard InChI is InChI=1S/C16H21NO/c1-13(2)16(18)12-15(17-10-6-7-11-17)14-8-4-3-5-9-14/h3-5,8-9,12-13H,6-7,10-11H2,1-2H3/b15-12-. The van der Waals surface area contributed by atoms with Crippen LogP contribution in [-0.2, 0) is 4.79 Å². The summed E-state index contributed by atoms with van der Waals surface area (Å²) >= 11 is 0. The monoisotopic (exact) mass is 243 g/mol. The average molecular weight is 243 g/mol. The van der Waals surface area contributed by atoms with Gasteiger partial charge in [0.2, 0.25) is 0 Å². The van der Waals surface area contributed by atoms with Gasteiger partial charge in [0.25, 0.3) is 0 Å². The molecule has 0 aromatic heterocycles. The van der Waals surface area contributed by atoms with Gasteiger partial charge in [-0.25, -0.2) is 0 Å². The zero-order chi connectivity index (χ0) is 13.0. The van der Waals surface area contributed by atoms with Gasteiger partial charge < -0.3 is 4.90 Å². The highest BCUT2D eigenvalue weighted by Gasteiger charge is 2.18. The third kappa shape index (κ3) is 3.00. The van der Waals surface area contributed by atoms with Gasteiger partial charge in [-0.1, -0.05) is 44.2 Å². The second-order valence-corrected chi connectivity index (χ2v) is 5.15. The van der Waals surface area contributed by atoms with Crippen LogP contribution in [0.15, 0.2) is 36.4 Å². The molecule has 0 unspecified atom stereocenters. The van der Waals surface area contributed by atoms with Crippen LogP contribution in [-0.4, -0.2) is 23.8 Å². The largest absolute Gasteiger partial charge is 0.371 e. The molecular weight excluding hydrogens is 222 g/mol. The van der Waals surface area contributed by atoms with Gasteiger partial charge >= 0.3 is 0 Å². The van der Waals surface area contributed by atoms with Crippen molar-refractivity contribution in [1.29, 1.82) is 0 Å². The van der Waals surface area contributed by atoms with Crippen LogP contribution < -0.4 is 0 Å². The van der Waals surface area contributed by atoms with Crippen molar-refractivity contribution in [3.8, 4) is 0 Å². The Hall–Kier alpha value is -1.57. The first-order valence-electron chi connectivity index (χ1n) is 6.74. The van der Waals surface area contributed by atoms with E-state index in [1.807, 2.05) is 38.1 Å². The Bertz CT molecular complexity index is 428. The van der Waals surface area contributed by atoms with Crippen molar-refractivity contribution >= 4 is 11.5 Å². The molecule has 1 aromatic carbocycles. The van der Waals surface area contributed by atoms with E-state index in [9.17, 15) is 4.79 Å². The predicted octanol–water partition coefficient (Wildman–Crippen LogP) is 3.35. The molecule has 1 aliphatic rings. The van der Waals surface area contributed by atoms with Crippen molar-refractivity contribution in [1.82, 2.24) is 4.90 Å². The van der Waals surface area contributed by atoms with Gasteiger partial charge in [0.15, 0.2) is 5.78 Å². The minimum absolute atomic E-state index is 0.0614. The van der Waals surface area contributed by atoms with Crippen molar-refractivity contribution in [3.63, 3.8) is 0 Å². The van der Waals surface area contributed by atoms with Crippen LogP contribution in [0.4, 0.5) is 0 Å². The molecule has 1 fully saturated rings. The van der Waals surface area contributed by atoms with Crippen molar-refractivity contribution in [2.45, 2.75) is 26.7 Å². The molecule has 1 heterocycles. The first-order valence-corrected chi connectivity index (χ1v) is 6.74. The van der Waals surface area contributed by atoms with Crippen LogP contribution in [0.2, 0.25) is 0 Å². The molecule has 2 rings (SSSR count). The maximum absolute atomic E-state index is 12.0. The van der Waals surface area contributed by atoms with E-state index < -0.39 is 0 Å². The molecule has 2 nitrogen and oxygen atoms in total. The Morgan fingerprint density at radius 3 is 2.33 bits per heavy atom. The molecule has 0 bridgehead atoms. The Morgan fingerprint density at radius 1 is 1.17 bits per heavy atom. The van der Waals surface area contributed by atoms with Crippen molar-refractivity contribution in [3.05, 3.63) is 42.0 Å². The summed E-state index contributed by atoms with van der Waals surface area (Å²) in [5.41, 5.74) is 2.24. The number of benzene rings is 1. The van der Waals surface area contributed by atoms with Crippen molar-refractivity contribution < 1.29 is 4.79 Å². The van der Waals surface area contributed by atoms with Crippen LogP contribution in [0.5, 0.6) is 0 Å². The lowest BCUT2D eigenvalue weighted by atomic mass is 10.0. The summed E-state index contributed by atoms with van der Waals surface area (Å²) < 4.78 is 0. The average Bonchev–Trinajstić information content (AvgIpc) is 2.90. The summed E-state index contributed by atoms with van der Waals surface area (Å²) in [6.07, 6.45) is 4.27. The van der Waals surface area contributed by atoms with Gasteiger partial charge in [-0.15, -0.1) is 0 Å². The van der Waals surface area contributed by atoms with Crippen LogP contribution >= 0.6 is 0 Å². The van der Waals surface area contributed by atoms with Crippen molar-refractivity contribution in [2.24, 2.45) is 5.92 Å². The Labute approximate surface area is 109 Å². The van der Waals surface area contributed by atoms with Gasteiger partial charge in [0, 0.05) is 30.8 Å². The number of likely N-dealkylation sites (tertiary alicyclic amines) is 1. The molecule has 0 spiro atoms. The van der Waals surface area contributed by atoms with Crippen LogP contribution in [0, 0.1) is 5.92 Å². The zero-order valence-corrected chi connectivity index (χ0v) is 11.2. The van der Waals surface area contributed by atoms with E-state index in [0.717, 1.165) is 24.4 Å². The highest BCUT2D eigenvalue weighted by Crippen LogP contribution is 2.24. The number of allylic oxidation sites excluding steroid dienone is 1. The molecule has 1 saturated heterocycles. The lowest BCUT2D eigenvalue weighted by Gasteiger charge is -2.22. The number of hydrogen-bond donors (Lipinski definition) is 0. The summed E-state index contributed by atoms with van der Waals surface area (Å²) in [5, 5.41) is 0. The third-order valence-electron chi connectivity index (χ3n) is 3.36. The number of rotatable bonds is 4. The van der Waals surface area contributed by atoms with E-state index in [4.69, 9.17) is 0 Å². The molecule has 2 heteroatoms. The number of carbonyl (C=O) groups is 1. The maximum Gasteiger partial charge on any atom is 0.160 e. The SMILES string of the molecule is CC(C)C(=O)/C=C(/c1ccccc1)N1CCCC1. The molecule has 0 atom stereocenters. The summed E-state index contributed by atoms with van der Waals surface area (Å²) in [5.74, 6) is 0.270. The van der Waals surface area contributed by atoms with Crippen LogP contribution in [0.1, 0.15) is 32.3 Å². The van der Waals surface area contributed by atoms with Crippen LogP contribution in [0.25, 0.3) is 5.70 Å². The first-order chi connectivity index (χ1) is 8.68. The van der Waals surface area contributed by atoms with Gasteiger partial charge in [0.1, 0.15) is 0 Å². The van der Waals surface area contributed by atoms with Crippen LogP contribution in [0.3, 0.4) is 0 Å². The number of nitrogens with zero attached hydrogens (tertiary/aromatic N) is 1. The van der Waals surface area contributed by atoms with Gasteiger partial charge in [-0.3, -0.25) is 4.79 Å². The molecule has 1 aromatic rings. The molecule has 96 valence electrons. The van der Waals surface area contributed by atoms with E-state index in [1.165, 1.54) is 12.8 Å². The molecule has 1 aliphatic heterocycles. The molecule has 0 amide bonds. The number of carbonyl (C=O) groups excluding carboxylic acids is 1. The molecular formula is C16H21NO. The zero-order valence-electron chi connectivity index (χ0n) is 11.2. The quantitative estimate of drug-likeness (QED) is 0.756. The fourth-order valence-corrected chi connectivity index (χ4v) is 2.23. The minimum atomic E-state index is 0.0614. The number of ketones is 1. The highest BCUT2D eigenvalue weighted by atomic mass is 16.1. The number of hydrogen-bond acceptors (Lipinski definition) is 2. The minimum Gasteiger partial charge on any atom is -0.371 e. The molecule has 0 aliphatic carbocycles. The van der Waals surface area contributed by atoms with Gasteiger partial charge in [-0.2, -0.15) is 0 Å². The third-order valence-corrected chi connectivity index (χ3v) is 3.36. The fraction of sp³-hybridized carbons (Fsp3) is 0.438. The fourth-order valence-electron chi connectivity index (χ4n) is 2.23. The Morgan fingerprint density at radius 2 is 1.78 bits per heavy atom. The Balaban J connectivity index is 2.31. The normalized spacial score (nSPS) is 16.4. The van der Waals surface area contributed by atoms with Crippen molar-refractivity contribution in [2.75, 3.05) is 13.1 Å². The van der Waals surface area contributed by atoms with Gasteiger partial charge in [0.05, 0.1) is 0 Å². The maximum atomic E-state index is 12.0. The topological polar surface area (TPSA) is 20.3 Å². The van der Waals surface area contributed by atoms with E-state index in [-0.39, 0.29) is 11.7 Å². The lowest BCUT2D eigenvalue weighted by Crippen LogP contribution is -2.19. The Kier molecular flexibility index (Phi) is 4.19. The predicted molar refractivity (Wildman–Crippen MR) is 75.1 cm³/mol. The van der Waals surface area contributed by atoms with E-state index in [0.29, 0.717) is 0 Å². The van der Waals surface area contributed by atoms with Gasteiger partial charge in [-0.05, 0) is 18.4 Å². The van der Waals surface area contributed by atoms with E-state index in [2.05, 4.69) is 17.0 Å². The smallest absolute Gasteiger partial charge is 0.160 e. The molecule has 0 radical (unpaired) electrons. The van der Waals surface area contributed by atoms with E-state index in [1.54, 1.807) is 0 Å². The highest BCUT2D eigenvalue weighted by molar-refractivity contribution is 5.97. The summed E-state index contributed by atoms with van der Waals surface area (Å²) in [7, 11) is 0. The van der Waals surface area contributed by atoms with E-state index >= 15 is 0 Å². The second-order valence-electron chi connectivity index (χ2n) is 5.15. The molecule has 0 N–H and O–H groups in total. The summed E-state index contributed by atoms with van der Waals surface area (Å²) in [6.45, 7) is 6.02. The first kappa shape index (κ1) is 12.9. The molecule has 0 saturated carbocycles. The lowest BCUT2D eigenvalue weighted by molar-refractivity contribution is -0.117.